The second kappa shape index (κ2) is 9.57. The number of carbonyl (C=O) groups excluding carboxylic acids is 1. The molecule has 8 heteroatoms. The molecule has 1 aromatic carbocycles. The van der Waals surface area contributed by atoms with Crippen molar-refractivity contribution in [3.63, 3.8) is 0 Å². The number of pyridine rings is 1. The van der Waals surface area contributed by atoms with E-state index in [1.54, 1.807) is 18.5 Å². The molecule has 1 aliphatic heterocycles. The van der Waals surface area contributed by atoms with Crippen LogP contribution in [0.2, 0.25) is 5.02 Å². The lowest BCUT2D eigenvalue weighted by atomic mass is 9.91. The third-order valence-corrected chi connectivity index (χ3v) is 5.21. The van der Waals surface area contributed by atoms with E-state index in [1.165, 1.54) is 18.0 Å². The number of benzene rings is 1. The minimum Gasteiger partial charge on any atom is -0.424 e. The van der Waals surface area contributed by atoms with E-state index in [4.69, 9.17) is 16.3 Å². The van der Waals surface area contributed by atoms with Gasteiger partial charge in [-0.3, -0.25) is 4.98 Å². The molecular formula is C23H22ClN5O2. The van der Waals surface area contributed by atoms with Crippen LogP contribution in [0.3, 0.4) is 0 Å². The lowest BCUT2D eigenvalue weighted by Gasteiger charge is -2.33. The molecule has 0 saturated carbocycles. The largest absolute Gasteiger partial charge is 0.424 e. The number of piperidine rings is 1. The van der Waals surface area contributed by atoms with Crippen molar-refractivity contribution >= 4 is 29.4 Å². The molecule has 0 aliphatic carbocycles. The van der Waals surface area contributed by atoms with E-state index in [0.717, 1.165) is 12.0 Å². The highest BCUT2D eigenvalue weighted by atomic mass is 35.5. The molecule has 2 amide bonds. The number of nitrogens with zero attached hydrogens (tertiary/aromatic N) is 4. The van der Waals surface area contributed by atoms with E-state index in [2.05, 4.69) is 33.3 Å². The van der Waals surface area contributed by atoms with Crippen LogP contribution in [-0.2, 0) is 0 Å². The summed E-state index contributed by atoms with van der Waals surface area (Å²) >= 11 is 5.81. The van der Waals surface area contributed by atoms with Crippen molar-refractivity contribution in [3.05, 3.63) is 77.3 Å². The Balaban J connectivity index is 1.39. The van der Waals surface area contributed by atoms with Crippen molar-refractivity contribution in [1.29, 1.82) is 0 Å². The fraction of sp³-hybridized carbons (Fsp3) is 0.217. The predicted molar refractivity (Wildman–Crippen MR) is 120 cm³/mol. The number of hydrogen-bond donors (Lipinski definition) is 1. The molecule has 1 N–H and O–H groups in total. The SMILES string of the molecule is CC1CN(C(=O)Nc2cccnc2)CCC1=Cc1cccc(Oc2ncc(Cl)cn2)c1. The number of nitrogens with one attached hydrogen (secondary N) is 1. The summed E-state index contributed by atoms with van der Waals surface area (Å²) in [5.74, 6) is 0.898. The van der Waals surface area contributed by atoms with Crippen molar-refractivity contribution in [1.82, 2.24) is 19.9 Å². The van der Waals surface area contributed by atoms with Crippen LogP contribution in [0.25, 0.3) is 6.08 Å². The van der Waals surface area contributed by atoms with Gasteiger partial charge in [0.1, 0.15) is 5.75 Å². The molecule has 7 nitrogen and oxygen atoms in total. The molecule has 1 atom stereocenters. The van der Waals surface area contributed by atoms with Crippen molar-refractivity contribution in [2.24, 2.45) is 5.92 Å². The van der Waals surface area contributed by atoms with E-state index in [0.29, 0.717) is 29.5 Å². The lowest BCUT2D eigenvalue weighted by Crippen LogP contribution is -2.42. The standard InChI is InChI=1S/C23H22ClN5O2/c1-16-15-29(23(30)28-20-5-3-8-25-14-20)9-7-18(16)10-17-4-2-6-21(11-17)31-22-26-12-19(24)13-27-22/h2-6,8,10-14,16H,7,9,15H2,1H3,(H,28,30). The van der Waals surface area contributed by atoms with Crippen LogP contribution in [0, 0.1) is 5.92 Å². The normalized spacial score (nSPS) is 17.4. The number of ether oxygens (including phenoxy) is 1. The molecule has 2 aromatic heterocycles. The maximum Gasteiger partial charge on any atom is 0.321 e. The smallest absolute Gasteiger partial charge is 0.321 e. The Kier molecular flexibility index (Phi) is 6.43. The van der Waals surface area contributed by atoms with Crippen LogP contribution >= 0.6 is 11.6 Å². The highest BCUT2D eigenvalue weighted by Crippen LogP contribution is 2.27. The number of rotatable bonds is 4. The molecule has 4 rings (SSSR count). The third-order valence-electron chi connectivity index (χ3n) is 5.01. The second-order valence-electron chi connectivity index (χ2n) is 7.35. The first-order valence-corrected chi connectivity index (χ1v) is 10.4. The first kappa shape index (κ1) is 20.8. The van der Waals surface area contributed by atoms with Gasteiger partial charge in [0, 0.05) is 19.3 Å². The number of aromatic nitrogens is 3. The molecule has 3 heterocycles. The average molecular weight is 436 g/mol. The summed E-state index contributed by atoms with van der Waals surface area (Å²) in [7, 11) is 0. The molecule has 1 aliphatic rings. The fourth-order valence-electron chi connectivity index (χ4n) is 3.43. The molecule has 1 unspecified atom stereocenters. The van der Waals surface area contributed by atoms with E-state index >= 15 is 0 Å². The Morgan fingerprint density at radius 2 is 2.06 bits per heavy atom. The Morgan fingerprint density at radius 1 is 1.23 bits per heavy atom. The topological polar surface area (TPSA) is 80.2 Å². The Hall–Kier alpha value is -3.45. The quantitative estimate of drug-likeness (QED) is 0.603. The molecule has 0 spiro atoms. The Bertz CT molecular complexity index is 1070. The monoisotopic (exact) mass is 435 g/mol. The zero-order chi connectivity index (χ0) is 21.6. The second-order valence-corrected chi connectivity index (χ2v) is 7.78. The molecule has 3 aromatic rings. The van der Waals surface area contributed by atoms with Gasteiger partial charge in [-0.05, 0) is 42.2 Å². The third kappa shape index (κ3) is 5.58. The number of hydrogen-bond acceptors (Lipinski definition) is 5. The summed E-state index contributed by atoms with van der Waals surface area (Å²) in [6.45, 7) is 3.46. The summed E-state index contributed by atoms with van der Waals surface area (Å²) < 4.78 is 5.72. The van der Waals surface area contributed by atoms with Gasteiger partial charge in [-0.2, -0.15) is 0 Å². The highest BCUT2D eigenvalue weighted by molar-refractivity contribution is 6.30. The van der Waals surface area contributed by atoms with Crippen LogP contribution < -0.4 is 10.1 Å². The molecule has 158 valence electrons. The molecule has 0 radical (unpaired) electrons. The predicted octanol–water partition coefficient (Wildman–Crippen LogP) is 5.27. The minimum absolute atomic E-state index is 0.0998. The van der Waals surface area contributed by atoms with Crippen LogP contribution in [0.5, 0.6) is 11.8 Å². The summed E-state index contributed by atoms with van der Waals surface area (Å²) in [5, 5.41) is 3.36. The maximum atomic E-state index is 12.5. The van der Waals surface area contributed by atoms with Gasteiger partial charge in [0.15, 0.2) is 0 Å². The number of urea groups is 1. The van der Waals surface area contributed by atoms with E-state index in [9.17, 15) is 4.79 Å². The fourth-order valence-corrected chi connectivity index (χ4v) is 3.53. The molecule has 1 fully saturated rings. The van der Waals surface area contributed by atoms with Gasteiger partial charge in [0.05, 0.1) is 29.3 Å². The number of likely N-dealkylation sites (tertiary alicyclic amines) is 1. The average Bonchev–Trinajstić information content (AvgIpc) is 2.78. The molecule has 31 heavy (non-hydrogen) atoms. The maximum absolute atomic E-state index is 12.5. The Morgan fingerprint density at radius 3 is 2.81 bits per heavy atom. The number of halogens is 1. The van der Waals surface area contributed by atoms with Gasteiger partial charge >= 0.3 is 12.0 Å². The summed E-state index contributed by atoms with van der Waals surface area (Å²) in [4.78, 5) is 26.5. The zero-order valence-electron chi connectivity index (χ0n) is 17.0. The number of amides is 2. The highest BCUT2D eigenvalue weighted by Gasteiger charge is 2.24. The lowest BCUT2D eigenvalue weighted by molar-refractivity contribution is 0.198. The van der Waals surface area contributed by atoms with Gasteiger partial charge in [-0.25, -0.2) is 14.8 Å². The summed E-state index contributed by atoms with van der Waals surface area (Å²) in [6, 6.07) is 11.5. The molecule has 1 saturated heterocycles. The van der Waals surface area contributed by atoms with E-state index < -0.39 is 0 Å². The van der Waals surface area contributed by atoms with Crippen molar-refractivity contribution < 1.29 is 9.53 Å². The van der Waals surface area contributed by atoms with Gasteiger partial charge in [-0.1, -0.05) is 42.3 Å². The zero-order valence-corrected chi connectivity index (χ0v) is 17.8. The first-order valence-electron chi connectivity index (χ1n) is 9.99. The number of anilines is 1. The molecule has 0 bridgehead atoms. The van der Waals surface area contributed by atoms with Crippen molar-refractivity contribution in [2.45, 2.75) is 13.3 Å². The van der Waals surface area contributed by atoms with Gasteiger partial charge < -0.3 is 15.0 Å². The van der Waals surface area contributed by atoms with Gasteiger partial charge in [0.2, 0.25) is 0 Å². The Labute approximate surface area is 185 Å². The van der Waals surface area contributed by atoms with Crippen LogP contribution in [0.1, 0.15) is 18.9 Å². The van der Waals surface area contributed by atoms with Crippen molar-refractivity contribution in [3.8, 4) is 11.8 Å². The van der Waals surface area contributed by atoms with Crippen LogP contribution in [0.15, 0.2) is 66.8 Å². The molecular weight excluding hydrogens is 414 g/mol. The van der Waals surface area contributed by atoms with Crippen molar-refractivity contribution in [2.75, 3.05) is 18.4 Å². The minimum atomic E-state index is -0.0998. The van der Waals surface area contributed by atoms with Gasteiger partial charge in [-0.15, -0.1) is 0 Å². The van der Waals surface area contributed by atoms with E-state index in [-0.39, 0.29) is 18.0 Å². The van der Waals surface area contributed by atoms with Crippen LogP contribution in [0.4, 0.5) is 10.5 Å². The number of carbonyl (C=O) groups is 1. The summed E-state index contributed by atoms with van der Waals surface area (Å²) in [6.07, 6.45) is 9.29. The summed E-state index contributed by atoms with van der Waals surface area (Å²) in [5.41, 5.74) is 3.02. The van der Waals surface area contributed by atoms with E-state index in [1.807, 2.05) is 35.2 Å². The van der Waals surface area contributed by atoms with Gasteiger partial charge in [0.25, 0.3) is 0 Å². The first-order chi connectivity index (χ1) is 15.1. The van der Waals surface area contributed by atoms with Crippen LogP contribution in [-0.4, -0.2) is 39.0 Å².